The fraction of sp³-hybridized carbons (Fsp3) is 0.300. The molecule has 0 saturated carbocycles. The van der Waals surface area contributed by atoms with E-state index in [9.17, 15) is 9.90 Å². The molecule has 0 aliphatic rings. The third-order valence-corrected chi connectivity index (χ3v) is 2.93. The molecular formula is C10H14BrClN2O3. The highest BCUT2D eigenvalue weighted by Crippen LogP contribution is 2.34. The molecule has 17 heavy (non-hydrogen) atoms. The Kier molecular flexibility index (Phi) is 6.48. The summed E-state index contributed by atoms with van der Waals surface area (Å²) in [6.45, 7) is 0.365. The first-order chi connectivity index (χ1) is 7.49. The molecule has 96 valence electrons. The van der Waals surface area contributed by atoms with Crippen molar-refractivity contribution in [2.24, 2.45) is 11.5 Å². The summed E-state index contributed by atoms with van der Waals surface area (Å²) in [5, 5.41) is 18.7. The van der Waals surface area contributed by atoms with Crippen LogP contribution in [0.3, 0.4) is 0 Å². The van der Waals surface area contributed by atoms with E-state index in [4.69, 9.17) is 16.6 Å². The molecular weight excluding hydrogens is 311 g/mol. The fourth-order valence-electron chi connectivity index (χ4n) is 1.43. The molecule has 1 atom stereocenters. The van der Waals surface area contributed by atoms with Crippen molar-refractivity contribution in [2.45, 2.75) is 12.5 Å². The van der Waals surface area contributed by atoms with E-state index in [0.29, 0.717) is 23.0 Å². The molecule has 6 N–H and O–H groups in total. The Bertz CT molecular complexity index is 415. The van der Waals surface area contributed by atoms with Crippen LogP contribution in [0.4, 0.5) is 0 Å². The highest BCUT2D eigenvalue weighted by atomic mass is 79.9. The Morgan fingerprint density at radius 2 is 2.06 bits per heavy atom. The van der Waals surface area contributed by atoms with Crippen LogP contribution in [0, 0.1) is 0 Å². The quantitative estimate of drug-likeness (QED) is 0.672. The van der Waals surface area contributed by atoms with Gasteiger partial charge in [-0.15, -0.1) is 12.4 Å². The molecule has 1 rings (SSSR count). The molecule has 0 aliphatic heterocycles. The molecule has 1 aromatic carbocycles. The molecule has 5 nitrogen and oxygen atoms in total. The summed E-state index contributed by atoms with van der Waals surface area (Å²) in [5.74, 6) is -1.49. The second kappa shape index (κ2) is 6.80. The van der Waals surface area contributed by atoms with Gasteiger partial charge < -0.3 is 21.7 Å². The first-order valence-corrected chi connectivity index (χ1v) is 5.48. The standard InChI is InChI=1S/C10H13BrN2O3.ClH/c11-6-2-1-5(10(15)16)9(14)8(6)7(13)3-4-12;/h1-2,7,14H,3-4,12-13H2,(H,15,16);1H/t7-;/m1./s1. The number of carbonyl (C=O) groups is 1. The number of rotatable bonds is 4. The molecule has 0 saturated heterocycles. The van der Waals surface area contributed by atoms with Crippen molar-refractivity contribution in [3.8, 4) is 5.75 Å². The monoisotopic (exact) mass is 324 g/mol. The Balaban J connectivity index is 0.00000256. The average molecular weight is 326 g/mol. The molecule has 0 heterocycles. The molecule has 0 bridgehead atoms. The van der Waals surface area contributed by atoms with Gasteiger partial charge in [-0.1, -0.05) is 15.9 Å². The lowest BCUT2D eigenvalue weighted by atomic mass is 10.0. The minimum Gasteiger partial charge on any atom is -0.507 e. The van der Waals surface area contributed by atoms with Crippen LogP contribution in [0.25, 0.3) is 0 Å². The normalized spacial score (nSPS) is 11.7. The van der Waals surface area contributed by atoms with Gasteiger partial charge in [-0.3, -0.25) is 0 Å². The van der Waals surface area contributed by atoms with Gasteiger partial charge in [0.1, 0.15) is 11.3 Å². The van der Waals surface area contributed by atoms with E-state index in [0.717, 1.165) is 0 Å². The van der Waals surface area contributed by atoms with E-state index in [1.54, 1.807) is 6.07 Å². The lowest BCUT2D eigenvalue weighted by molar-refractivity contribution is 0.0693. The van der Waals surface area contributed by atoms with Crippen LogP contribution in [0.5, 0.6) is 5.75 Å². The zero-order valence-electron chi connectivity index (χ0n) is 8.89. The number of carboxylic acid groups (broad SMARTS) is 1. The van der Waals surface area contributed by atoms with Gasteiger partial charge in [0.25, 0.3) is 0 Å². The van der Waals surface area contributed by atoms with Crippen LogP contribution < -0.4 is 11.5 Å². The van der Waals surface area contributed by atoms with E-state index in [2.05, 4.69) is 15.9 Å². The lowest BCUT2D eigenvalue weighted by Gasteiger charge is -2.15. The van der Waals surface area contributed by atoms with Gasteiger partial charge in [-0.05, 0) is 25.1 Å². The highest BCUT2D eigenvalue weighted by molar-refractivity contribution is 9.10. The van der Waals surface area contributed by atoms with Crippen LogP contribution in [0.15, 0.2) is 16.6 Å². The summed E-state index contributed by atoms with van der Waals surface area (Å²) in [5.41, 5.74) is 11.4. The van der Waals surface area contributed by atoms with Crippen LogP contribution in [0.1, 0.15) is 28.4 Å². The largest absolute Gasteiger partial charge is 0.507 e. The van der Waals surface area contributed by atoms with Crippen molar-refractivity contribution in [1.29, 1.82) is 0 Å². The van der Waals surface area contributed by atoms with E-state index in [1.165, 1.54) is 6.07 Å². The maximum absolute atomic E-state index is 10.8. The third kappa shape index (κ3) is 3.57. The Morgan fingerprint density at radius 1 is 1.47 bits per heavy atom. The van der Waals surface area contributed by atoms with Gasteiger partial charge in [0.05, 0.1) is 0 Å². The van der Waals surface area contributed by atoms with Gasteiger partial charge in [0, 0.05) is 16.1 Å². The maximum Gasteiger partial charge on any atom is 0.339 e. The molecule has 7 heteroatoms. The van der Waals surface area contributed by atoms with E-state index in [-0.39, 0.29) is 23.7 Å². The molecule has 0 radical (unpaired) electrons. The van der Waals surface area contributed by atoms with Gasteiger partial charge in [0.15, 0.2) is 0 Å². The van der Waals surface area contributed by atoms with Gasteiger partial charge in [0.2, 0.25) is 0 Å². The second-order valence-electron chi connectivity index (χ2n) is 3.35. The first kappa shape index (κ1) is 16.2. The minimum absolute atomic E-state index is 0. The average Bonchev–Trinajstić information content (AvgIpc) is 2.17. The minimum atomic E-state index is -1.19. The third-order valence-electron chi connectivity index (χ3n) is 2.24. The van der Waals surface area contributed by atoms with Crippen molar-refractivity contribution >= 4 is 34.3 Å². The smallest absolute Gasteiger partial charge is 0.339 e. The van der Waals surface area contributed by atoms with Crippen LogP contribution in [-0.2, 0) is 0 Å². The van der Waals surface area contributed by atoms with Crippen molar-refractivity contribution in [2.75, 3.05) is 6.54 Å². The molecule has 0 amide bonds. The maximum atomic E-state index is 10.8. The number of hydrogen-bond donors (Lipinski definition) is 4. The van der Waals surface area contributed by atoms with E-state index < -0.39 is 12.0 Å². The van der Waals surface area contributed by atoms with Crippen LogP contribution >= 0.6 is 28.3 Å². The lowest BCUT2D eigenvalue weighted by Crippen LogP contribution is -2.16. The number of phenols is 1. The number of hydrogen-bond acceptors (Lipinski definition) is 4. The summed E-state index contributed by atoms with van der Waals surface area (Å²) in [4.78, 5) is 10.8. The number of aromatic carboxylic acids is 1. The van der Waals surface area contributed by atoms with E-state index in [1.807, 2.05) is 0 Å². The number of carboxylic acids is 1. The van der Waals surface area contributed by atoms with Crippen molar-refractivity contribution in [1.82, 2.24) is 0 Å². The van der Waals surface area contributed by atoms with Gasteiger partial charge in [-0.25, -0.2) is 4.79 Å². The second-order valence-corrected chi connectivity index (χ2v) is 4.20. The van der Waals surface area contributed by atoms with Crippen LogP contribution in [0.2, 0.25) is 0 Å². The SMILES string of the molecule is Cl.NCC[C@@H](N)c1c(Br)ccc(C(=O)O)c1O. The molecule has 0 fully saturated rings. The summed E-state index contributed by atoms with van der Waals surface area (Å²) < 4.78 is 0.580. The summed E-state index contributed by atoms with van der Waals surface area (Å²) in [6, 6.07) is 2.38. The number of nitrogens with two attached hydrogens (primary N) is 2. The zero-order valence-corrected chi connectivity index (χ0v) is 11.3. The van der Waals surface area contributed by atoms with Crippen molar-refractivity contribution < 1.29 is 15.0 Å². The zero-order chi connectivity index (χ0) is 12.3. The van der Waals surface area contributed by atoms with Gasteiger partial charge in [-0.2, -0.15) is 0 Å². The number of benzene rings is 1. The summed E-state index contributed by atoms with van der Waals surface area (Å²) in [7, 11) is 0. The van der Waals surface area contributed by atoms with E-state index >= 15 is 0 Å². The van der Waals surface area contributed by atoms with Crippen molar-refractivity contribution in [3.63, 3.8) is 0 Å². The van der Waals surface area contributed by atoms with Crippen LogP contribution in [-0.4, -0.2) is 22.7 Å². The topological polar surface area (TPSA) is 110 Å². The predicted octanol–water partition coefficient (Wildman–Crippen LogP) is 1.62. The first-order valence-electron chi connectivity index (χ1n) is 4.69. The summed E-state index contributed by atoms with van der Waals surface area (Å²) >= 11 is 3.23. The Labute approximate surface area is 113 Å². The molecule has 0 aliphatic carbocycles. The molecule has 0 unspecified atom stereocenters. The molecule has 1 aromatic rings. The molecule has 0 spiro atoms. The fourth-order valence-corrected chi connectivity index (χ4v) is 2.05. The Morgan fingerprint density at radius 3 is 2.53 bits per heavy atom. The summed E-state index contributed by atoms with van der Waals surface area (Å²) in [6.07, 6.45) is 0.467. The Hall–Kier alpha value is -0.820. The van der Waals surface area contributed by atoms with Gasteiger partial charge >= 0.3 is 5.97 Å². The number of halogens is 2. The molecule has 0 aromatic heterocycles. The highest BCUT2D eigenvalue weighted by Gasteiger charge is 2.20. The number of aromatic hydroxyl groups is 1. The van der Waals surface area contributed by atoms with Crippen molar-refractivity contribution in [3.05, 3.63) is 27.7 Å². The predicted molar refractivity (Wildman–Crippen MR) is 70.6 cm³/mol.